The topological polar surface area (TPSA) is 36.9 Å². The predicted octanol–water partition coefficient (Wildman–Crippen LogP) is 3.44. The Morgan fingerprint density at radius 1 is 1.05 bits per heavy atom. The minimum absolute atomic E-state index is 0.134. The second-order valence-corrected chi connectivity index (χ2v) is 3.97. The Morgan fingerprint density at radius 3 is 2.37 bits per heavy atom. The maximum atomic E-state index is 5.43. The molecule has 0 fully saturated rings. The molecule has 0 aliphatic rings. The van der Waals surface area contributed by atoms with E-state index in [9.17, 15) is 0 Å². The average molecular weight is 266 g/mol. The molecule has 4 nitrogen and oxygen atoms in total. The van der Waals surface area contributed by atoms with Crippen molar-refractivity contribution in [2.75, 3.05) is 21.0 Å². The van der Waals surface area contributed by atoms with Gasteiger partial charge in [0.1, 0.15) is 0 Å². The zero-order valence-corrected chi connectivity index (χ0v) is 11.8. The van der Waals surface area contributed by atoms with E-state index < -0.39 is 0 Å². The molecule has 1 rings (SSSR count). The van der Waals surface area contributed by atoms with E-state index in [1.54, 1.807) is 14.2 Å². The number of allylic oxidation sites excluding steroid dienone is 1. The second kappa shape index (κ2) is 9.28. The van der Waals surface area contributed by atoms with E-state index in [0.29, 0.717) is 18.3 Å². The van der Waals surface area contributed by atoms with Gasteiger partial charge in [0.15, 0.2) is 12.6 Å². The van der Waals surface area contributed by atoms with Crippen LogP contribution in [-0.2, 0) is 25.6 Å². The molecule has 0 spiro atoms. The first-order valence-corrected chi connectivity index (χ1v) is 6.37. The quantitative estimate of drug-likeness (QED) is 0.390. The molecule has 1 aromatic rings. The molecule has 0 radical (unpaired) electrons. The lowest BCUT2D eigenvalue weighted by molar-refractivity contribution is -0.0801. The number of rotatable bonds is 9. The van der Waals surface area contributed by atoms with Crippen LogP contribution < -0.4 is 0 Å². The molecule has 0 heterocycles. The Hall–Kier alpha value is -1.68. The van der Waals surface area contributed by atoms with Crippen LogP contribution in [0.2, 0.25) is 0 Å². The molecular formula is C15H22O4. The van der Waals surface area contributed by atoms with Crippen molar-refractivity contribution in [3.8, 4) is 0 Å². The van der Waals surface area contributed by atoms with Gasteiger partial charge in [0.2, 0.25) is 0 Å². The highest BCUT2D eigenvalue weighted by Crippen LogP contribution is 2.14. The van der Waals surface area contributed by atoms with Gasteiger partial charge in [-0.3, -0.25) is 0 Å². The van der Waals surface area contributed by atoms with Crippen LogP contribution in [-0.4, -0.2) is 21.0 Å². The first kappa shape index (κ1) is 15.4. The molecule has 0 N–H and O–H groups in total. The first-order valence-electron chi connectivity index (χ1n) is 6.37. The predicted molar refractivity (Wildman–Crippen MR) is 73.1 cm³/mol. The van der Waals surface area contributed by atoms with Gasteiger partial charge < -0.3 is 18.9 Å². The van der Waals surface area contributed by atoms with Crippen LogP contribution in [0.5, 0.6) is 0 Å². The van der Waals surface area contributed by atoms with E-state index in [2.05, 4.69) is 6.92 Å². The molecule has 19 heavy (non-hydrogen) atoms. The summed E-state index contributed by atoms with van der Waals surface area (Å²) in [5.74, 6) is 1.09. The van der Waals surface area contributed by atoms with Crippen molar-refractivity contribution in [1.29, 1.82) is 0 Å². The minimum atomic E-state index is 0.134. The van der Waals surface area contributed by atoms with Gasteiger partial charge in [-0.25, -0.2) is 0 Å². The lowest BCUT2D eigenvalue weighted by atomic mass is 10.2. The van der Waals surface area contributed by atoms with Gasteiger partial charge in [0.25, 0.3) is 0 Å². The smallest absolute Gasteiger partial charge is 0.320 e. The molecule has 0 aliphatic carbocycles. The monoisotopic (exact) mass is 266 g/mol. The largest absolute Gasteiger partial charge is 0.494 e. The SMILES string of the molecule is CCC/C(OC)=C(\OC)OCOCc1ccccc1. The fraction of sp³-hybridized carbons (Fsp3) is 0.467. The summed E-state index contributed by atoms with van der Waals surface area (Å²) in [7, 11) is 3.17. The van der Waals surface area contributed by atoms with Gasteiger partial charge in [-0.2, -0.15) is 0 Å². The Kier molecular flexibility index (Phi) is 7.51. The summed E-state index contributed by atoms with van der Waals surface area (Å²) in [6.07, 6.45) is 1.74. The third kappa shape index (κ3) is 5.66. The summed E-state index contributed by atoms with van der Waals surface area (Å²) in [6, 6.07) is 9.94. The number of methoxy groups -OCH3 is 2. The maximum absolute atomic E-state index is 5.43. The van der Waals surface area contributed by atoms with Gasteiger partial charge in [0.05, 0.1) is 20.8 Å². The second-order valence-electron chi connectivity index (χ2n) is 3.97. The molecule has 0 saturated carbocycles. The van der Waals surface area contributed by atoms with Crippen molar-refractivity contribution < 1.29 is 18.9 Å². The number of hydrogen-bond acceptors (Lipinski definition) is 4. The van der Waals surface area contributed by atoms with Crippen LogP contribution in [0.4, 0.5) is 0 Å². The number of benzene rings is 1. The lowest BCUT2D eigenvalue weighted by Crippen LogP contribution is -2.06. The molecular weight excluding hydrogens is 244 g/mol. The molecule has 0 aliphatic heterocycles. The van der Waals surface area contributed by atoms with Crippen molar-refractivity contribution in [1.82, 2.24) is 0 Å². The molecule has 1 aromatic carbocycles. The Bertz CT molecular complexity index is 373. The first-order chi connectivity index (χ1) is 9.31. The fourth-order valence-corrected chi connectivity index (χ4v) is 1.60. The van der Waals surface area contributed by atoms with Crippen LogP contribution in [0, 0.1) is 0 Å². The van der Waals surface area contributed by atoms with Crippen molar-refractivity contribution in [3.63, 3.8) is 0 Å². The molecule has 0 atom stereocenters. The Morgan fingerprint density at radius 2 is 1.79 bits per heavy atom. The minimum Gasteiger partial charge on any atom is -0.494 e. The Balaban J connectivity index is 2.37. The van der Waals surface area contributed by atoms with Crippen LogP contribution in [0.1, 0.15) is 25.3 Å². The zero-order valence-electron chi connectivity index (χ0n) is 11.8. The molecule has 106 valence electrons. The van der Waals surface area contributed by atoms with Crippen molar-refractivity contribution in [2.45, 2.75) is 26.4 Å². The highest BCUT2D eigenvalue weighted by Gasteiger charge is 2.08. The van der Waals surface area contributed by atoms with Crippen LogP contribution in [0.25, 0.3) is 0 Å². The summed E-state index contributed by atoms with van der Waals surface area (Å²) in [5.41, 5.74) is 1.11. The van der Waals surface area contributed by atoms with Gasteiger partial charge in [-0.1, -0.05) is 37.3 Å². The van der Waals surface area contributed by atoms with Crippen molar-refractivity contribution >= 4 is 0 Å². The van der Waals surface area contributed by atoms with E-state index in [-0.39, 0.29) is 6.79 Å². The van der Waals surface area contributed by atoms with Crippen molar-refractivity contribution in [2.24, 2.45) is 0 Å². The summed E-state index contributed by atoms with van der Waals surface area (Å²) < 4.78 is 21.3. The summed E-state index contributed by atoms with van der Waals surface area (Å²) >= 11 is 0. The van der Waals surface area contributed by atoms with Crippen LogP contribution in [0.3, 0.4) is 0 Å². The molecule has 0 unspecified atom stereocenters. The van der Waals surface area contributed by atoms with Crippen molar-refractivity contribution in [3.05, 3.63) is 47.6 Å². The molecule has 0 amide bonds. The highest BCUT2D eigenvalue weighted by molar-refractivity contribution is 5.13. The molecule has 0 saturated heterocycles. The zero-order chi connectivity index (χ0) is 13.9. The van der Waals surface area contributed by atoms with Gasteiger partial charge >= 0.3 is 5.95 Å². The number of ether oxygens (including phenoxy) is 4. The van der Waals surface area contributed by atoms with Gasteiger partial charge in [0, 0.05) is 6.42 Å². The molecule has 4 heteroatoms. The van der Waals surface area contributed by atoms with E-state index in [1.165, 1.54) is 0 Å². The van der Waals surface area contributed by atoms with Gasteiger partial charge in [-0.15, -0.1) is 0 Å². The maximum Gasteiger partial charge on any atom is 0.320 e. The summed E-state index contributed by atoms with van der Waals surface area (Å²) in [4.78, 5) is 0. The van der Waals surface area contributed by atoms with Gasteiger partial charge in [-0.05, 0) is 12.0 Å². The lowest BCUT2D eigenvalue weighted by Gasteiger charge is -2.13. The molecule has 0 aromatic heterocycles. The standard InChI is InChI=1S/C15H22O4/c1-4-8-14(16-2)15(17-3)19-12-18-11-13-9-6-5-7-10-13/h5-7,9-10H,4,8,11-12H2,1-3H3/b15-14-. The average Bonchev–Trinajstić information content (AvgIpc) is 2.46. The number of hydrogen-bond donors (Lipinski definition) is 0. The molecule has 0 bridgehead atoms. The van der Waals surface area contributed by atoms with E-state index >= 15 is 0 Å². The van der Waals surface area contributed by atoms with E-state index in [0.717, 1.165) is 18.4 Å². The van der Waals surface area contributed by atoms with E-state index in [1.807, 2.05) is 30.3 Å². The third-order valence-electron chi connectivity index (χ3n) is 2.52. The summed E-state index contributed by atoms with van der Waals surface area (Å²) in [6.45, 7) is 2.71. The van der Waals surface area contributed by atoms with Crippen LogP contribution >= 0.6 is 0 Å². The summed E-state index contributed by atoms with van der Waals surface area (Å²) in [5, 5.41) is 0. The highest BCUT2D eigenvalue weighted by atomic mass is 16.7. The fourth-order valence-electron chi connectivity index (χ4n) is 1.60. The Labute approximate surface area is 114 Å². The normalized spacial score (nSPS) is 11.7. The van der Waals surface area contributed by atoms with Crippen LogP contribution in [0.15, 0.2) is 42.0 Å². The van der Waals surface area contributed by atoms with E-state index in [4.69, 9.17) is 18.9 Å². The third-order valence-corrected chi connectivity index (χ3v) is 2.52.